The number of rotatable bonds is 5. The van der Waals surface area contributed by atoms with Gasteiger partial charge in [-0.25, -0.2) is 4.79 Å². The van der Waals surface area contributed by atoms with E-state index in [0.29, 0.717) is 5.56 Å². The summed E-state index contributed by atoms with van der Waals surface area (Å²) < 4.78 is 0. The molecule has 0 aliphatic heterocycles. The van der Waals surface area contributed by atoms with Gasteiger partial charge in [0.25, 0.3) is 0 Å². The second-order valence-corrected chi connectivity index (χ2v) is 4.27. The van der Waals surface area contributed by atoms with Crippen molar-refractivity contribution in [1.82, 2.24) is 0 Å². The van der Waals surface area contributed by atoms with Gasteiger partial charge < -0.3 is 15.3 Å². The molecule has 0 saturated heterocycles. The van der Waals surface area contributed by atoms with Gasteiger partial charge in [-0.1, -0.05) is 18.2 Å². The number of carboxylic acid groups (broad SMARTS) is 1. The van der Waals surface area contributed by atoms with Crippen molar-refractivity contribution in [3.63, 3.8) is 0 Å². The van der Waals surface area contributed by atoms with Crippen LogP contribution in [-0.2, 0) is 16.2 Å². The highest BCUT2D eigenvalue weighted by Crippen LogP contribution is 2.30. The first-order chi connectivity index (χ1) is 8.38. The molecule has 1 aromatic rings. The molecule has 0 aliphatic carbocycles. The molecular weight excluding hydrogens is 260 g/mol. The summed E-state index contributed by atoms with van der Waals surface area (Å²) in [5.74, 6) is -1.80. The maximum atomic E-state index is 11.3. The summed E-state index contributed by atoms with van der Waals surface area (Å²) in [6.07, 6.45) is -1.76. The number of hydrogen-bond acceptors (Lipinski definition) is 4. The van der Waals surface area contributed by atoms with Gasteiger partial charge in [-0.2, -0.15) is 0 Å². The summed E-state index contributed by atoms with van der Waals surface area (Å²) in [5, 5.41) is 26.3. The molecule has 0 aliphatic rings. The van der Waals surface area contributed by atoms with Crippen LogP contribution < -0.4 is 0 Å². The molecule has 0 spiro atoms. The molecule has 2 atom stereocenters. The first kappa shape index (κ1) is 14.6. The van der Waals surface area contributed by atoms with E-state index in [4.69, 9.17) is 21.8 Å². The monoisotopic (exact) mass is 272 g/mol. The highest BCUT2D eigenvalue weighted by molar-refractivity contribution is 6.31. The van der Waals surface area contributed by atoms with Crippen molar-refractivity contribution >= 4 is 23.4 Å². The number of carboxylic acids is 1. The van der Waals surface area contributed by atoms with Crippen LogP contribution in [-0.4, -0.2) is 27.1 Å². The molecule has 18 heavy (non-hydrogen) atoms. The molecule has 6 heteroatoms. The Morgan fingerprint density at radius 3 is 2.39 bits per heavy atom. The molecule has 2 unspecified atom stereocenters. The average Bonchev–Trinajstić information content (AvgIpc) is 2.35. The largest absolute Gasteiger partial charge is 0.479 e. The molecular formula is C12H13ClO5. The number of aliphatic hydroxyl groups excluding tert-OH is 2. The predicted octanol–water partition coefficient (Wildman–Crippen LogP) is 1.17. The van der Waals surface area contributed by atoms with Gasteiger partial charge in [0, 0.05) is 0 Å². The van der Waals surface area contributed by atoms with Crippen LogP contribution in [0.15, 0.2) is 18.2 Å². The number of carbonyl (C=O) groups is 2. The number of Topliss-reactive ketones (excluding diaryl/α,β-unsaturated/α-hetero) is 1. The molecule has 5 nitrogen and oxygen atoms in total. The Hall–Kier alpha value is -1.43. The van der Waals surface area contributed by atoms with Crippen LogP contribution in [0.2, 0.25) is 0 Å². The summed E-state index contributed by atoms with van der Waals surface area (Å²) >= 11 is 5.89. The Labute approximate surface area is 109 Å². The third-order valence-corrected chi connectivity index (χ3v) is 3.03. The van der Waals surface area contributed by atoms with Crippen molar-refractivity contribution in [2.24, 2.45) is 0 Å². The van der Waals surface area contributed by atoms with E-state index in [-0.39, 0.29) is 23.5 Å². The summed E-state index contributed by atoms with van der Waals surface area (Å²) in [6.45, 7) is 0.998. The first-order valence-corrected chi connectivity index (χ1v) is 5.61. The lowest BCUT2D eigenvalue weighted by molar-refractivity contribution is -0.147. The molecule has 0 fully saturated rings. The minimum Gasteiger partial charge on any atom is -0.479 e. The zero-order chi connectivity index (χ0) is 13.9. The molecule has 0 amide bonds. The van der Waals surface area contributed by atoms with Crippen LogP contribution >= 0.6 is 11.6 Å². The number of benzene rings is 1. The summed E-state index contributed by atoms with van der Waals surface area (Å²) in [6, 6.07) is 4.23. The number of aliphatic hydroxyl groups is 2. The van der Waals surface area contributed by atoms with Crippen LogP contribution in [0.1, 0.15) is 35.1 Å². The van der Waals surface area contributed by atoms with Crippen molar-refractivity contribution in [1.29, 1.82) is 0 Å². The fourth-order valence-electron chi connectivity index (χ4n) is 1.54. The van der Waals surface area contributed by atoms with Gasteiger partial charge >= 0.3 is 5.97 Å². The molecule has 0 saturated carbocycles. The van der Waals surface area contributed by atoms with Crippen molar-refractivity contribution in [3.05, 3.63) is 34.9 Å². The fourth-order valence-corrected chi connectivity index (χ4v) is 1.73. The van der Waals surface area contributed by atoms with E-state index in [1.54, 1.807) is 0 Å². The summed E-state index contributed by atoms with van der Waals surface area (Å²) in [4.78, 5) is 22.0. The second-order valence-electron chi connectivity index (χ2n) is 3.84. The quantitative estimate of drug-likeness (QED) is 0.699. The average molecular weight is 273 g/mol. The van der Waals surface area contributed by atoms with E-state index in [1.165, 1.54) is 25.1 Å². The van der Waals surface area contributed by atoms with Gasteiger partial charge in [0.2, 0.25) is 0 Å². The molecule has 98 valence electrons. The molecule has 0 aromatic heterocycles. The van der Waals surface area contributed by atoms with Gasteiger partial charge in [-0.05, 0) is 23.6 Å². The maximum absolute atomic E-state index is 11.3. The third-order valence-electron chi connectivity index (χ3n) is 2.49. The van der Waals surface area contributed by atoms with Crippen LogP contribution in [0.5, 0.6) is 0 Å². The van der Waals surface area contributed by atoms with E-state index in [9.17, 15) is 14.7 Å². The zero-order valence-electron chi connectivity index (χ0n) is 9.63. The Bertz CT molecular complexity index is 472. The number of aliphatic carboxylic acids is 1. The van der Waals surface area contributed by atoms with Crippen molar-refractivity contribution in [3.8, 4) is 0 Å². The molecule has 1 rings (SSSR count). The van der Waals surface area contributed by atoms with Crippen LogP contribution in [0, 0.1) is 0 Å². The van der Waals surface area contributed by atoms with E-state index in [1.807, 2.05) is 0 Å². The van der Waals surface area contributed by atoms with Crippen molar-refractivity contribution < 1.29 is 24.9 Å². The zero-order valence-corrected chi connectivity index (χ0v) is 10.4. The SMILES string of the molecule is CC(=O)C(Cl)c1cc(CO)ccc1C(O)C(=O)O. The third kappa shape index (κ3) is 3.07. The Morgan fingerprint density at radius 2 is 1.94 bits per heavy atom. The van der Waals surface area contributed by atoms with Gasteiger partial charge in [-0.15, -0.1) is 11.6 Å². The number of hydrogen-bond donors (Lipinski definition) is 3. The lowest BCUT2D eigenvalue weighted by atomic mass is 9.96. The predicted molar refractivity (Wildman–Crippen MR) is 64.2 cm³/mol. The minimum atomic E-state index is -1.76. The smallest absolute Gasteiger partial charge is 0.337 e. The molecule has 3 N–H and O–H groups in total. The van der Waals surface area contributed by atoms with Gasteiger partial charge in [0.1, 0.15) is 5.38 Å². The van der Waals surface area contributed by atoms with E-state index >= 15 is 0 Å². The topological polar surface area (TPSA) is 94.8 Å². The summed E-state index contributed by atoms with van der Waals surface area (Å²) in [5.41, 5.74) is 0.735. The van der Waals surface area contributed by atoms with Crippen LogP contribution in [0.4, 0.5) is 0 Å². The second kappa shape index (κ2) is 5.95. The van der Waals surface area contributed by atoms with Gasteiger partial charge in [0.15, 0.2) is 11.9 Å². The Kier molecular flexibility index (Phi) is 4.84. The first-order valence-electron chi connectivity index (χ1n) is 5.17. The number of ketones is 1. The highest BCUT2D eigenvalue weighted by atomic mass is 35.5. The Morgan fingerprint density at radius 1 is 1.33 bits per heavy atom. The standard InChI is InChI=1S/C12H13ClO5/c1-6(15)10(13)9-4-7(5-14)2-3-8(9)11(16)12(17)18/h2-4,10-11,14,16H,5H2,1H3,(H,17,18). The molecule has 0 radical (unpaired) electrons. The van der Waals surface area contributed by atoms with Crippen LogP contribution in [0.25, 0.3) is 0 Å². The van der Waals surface area contributed by atoms with E-state index in [0.717, 1.165) is 0 Å². The van der Waals surface area contributed by atoms with E-state index in [2.05, 4.69) is 0 Å². The van der Waals surface area contributed by atoms with Crippen LogP contribution in [0.3, 0.4) is 0 Å². The lowest BCUT2D eigenvalue weighted by Crippen LogP contribution is -2.15. The number of alkyl halides is 1. The lowest BCUT2D eigenvalue weighted by Gasteiger charge is -2.16. The van der Waals surface area contributed by atoms with Crippen molar-refractivity contribution in [2.75, 3.05) is 0 Å². The molecule has 0 bridgehead atoms. The minimum absolute atomic E-state index is 0.0508. The van der Waals surface area contributed by atoms with Gasteiger partial charge in [-0.3, -0.25) is 4.79 Å². The highest BCUT2D eigenvalue weighted by Gasteiger charge is 2.25. The van der Waals surface area contributed by atoms with Crippen molar-refractivity contribution in [2.45, 2.75) is 25.0 Å². The van der Waals surface area contributed by atoms with Gasteiger partial charge in [0.05, 0.1) is 6.61 Å². The number of halogens is 1. The molecule has 0 heterocycles. The normalized spacial score (nSPS) is 14.0. The fraction of sp³-hybridized carbons (Fsp3) is 0.333. The summed E-state index contributed by atoms with van der Waals surface area (Å²) in [7, 11) is 0. The maximum Gasteiger partial charge on any atom is 0.337 e. The van der Waals surface area contributed by atoms with E-state index < -0.39 is 17.5 Å². The molecule has 1 aromatic carbocycles. The number of carbonyl (C=O) groups excluding carboxylic acids is 1. The Balaban J connectivity index is 3.33.